The summed E-state index contributed by atoms with van der Waals surface area (Å²) in [5, 5.41) is 2.86. The topological polar surface area (TPSA) is 77.8 Å². The monoisotopic (exact) mass is 455 g/mol. The molecule has 0 aliphatic carbocycles. The number of amides is 1. The number of furan rings is 1. The molecular weight excluding hydrogens is 426 g/mol. The van der Waals surface area contributed by atoms with Crippen molar-refractivity contribution in [3.8, 4) is 11.5 Å². The van der Waals surface area contributed by atoms with E-state index in [9.17, 15) is 9.00 Å². The molecule has 1 unspecified atom stereocenters. The highest BCUT2D eigenvalue weighted by Gasteiger charge is 2.14. The van der Waals surface area contributed by atoms with Crippen LogP contribution in [-0.2, 0) is 23.0 Å². The van der Waals surface area contributed by atoms with Crippen molar-refractivity contribution in [3.63, 3.8) is 0 Å². The third-order valence-electron chi connectivity index (χ3n) is 4.72. The molecule has 1 heterocycles. The van der Waals surface area contributed by atoms with E-state index in [1.165, 1.54) is 0 Å². The molecular formula is C25H29NO5S. The molecule has 1 amide bonds. The Bertz CT molecular complexity index is 1080. The van der Waals surface area contributed by atoms with Crippen LogP contribution in [0.4, 0.5) is 0 Å². The molecule has 0 spiro atoms. The lowest BCUT2D eigenvalue weighted by Crippen LogP contribution is -2.25. The average Bonchev–Trinajstić information content (AvgIpc) is 3.24. The zero-order valence-electron chi connectivity index (χ0n) is 18.7. The SMILES string of the molecule is CCOc1ccc(CCNC(=O)c2ccc(CS(=O)c3cccc(C)c3)o2)cc1OCC. The molecule has 0 fully saturated rings. The van der Waals surface area contributed by atoms with Crippen molar-refractivity contribution < 1.29 is 22.9 Å². The summed E-state index contributed by atoms with van der Waals surface area (Å²) < 4.78 is 29.4. The average molecular weight is 456 g/mol. The Morgan fingerprint density at radius 2 is 1.78 bits per heavy atom. The van der Waals surface area contributed by atoms with Gasteiger partial charge in [-0.15, -0.1) is 0 Å². The van der Waals surface area contributed by atoms with Crippen molar-refractivity contribution in [2.75, 3.05) is 19.8 Å². The fourth-order valence-corrected chi connectivity index (χ4v) is 4.33. The predicted octanol–water partition coefficient (Wildman–Crippen LogP) is 4.67. The number of nitrogens with one attached hydrogen (secondary N) is 1. The quantitative estimate of drug-likeness (QED) is 0.455. The fraction of sp³-hybridized carbons (Fsp3) is 0.320. The smallest absolute Gasteiger partial charge is 0.287 e. The van der Waals surface area contributed by atoms with Crippen LogP contribution in [0.25, 0.3) is 0 Å². The summed E-state index contributed by atoms with van der Waals surface area (Å²) in [6.45, 7) is 7.38. The van der Waals surface area contributed by atoms with Crippen molar-refractivity contribution in [1.82, 2.24) is 5.32 Å². The van der Waals surface area contributed by atoms with Crippen LogP contribution >= 0.6 is 0 Å². The minimum absolute atomic E-state index is 0.211. The number of hydrogen-bond acceptors (Lipinski definition) is 5. The highest BCUT2D eigenvalue weighted by atomic mass is 32.2. The van der Waals surface area contributed by atoms with Crippen LogP contribution in [0.2, 0.25) is 0 Å². The number of rotatable bonds is 11. The van der Waals surface area contributed by atoms with Crippen LogP contribution in [0.3, 0.4) is 0 Å². The Morgan fingerprint density at radius 1 is 1.00 bits per heavy atom. The Kier molecular flexibility index (Phi) is 8.50. The summed E-state index contributed by atoms with van der Waals surface area (Å²) in [4.78, 5) is 13.2. The molecule has 3 aromatic rings. The van der Waals surface area contributed by atoms with Crippen LogP contribution in [0.5, 0.6) is 11.5 Å². The third kappa shape index (κ3) is 6.47. The van der Waals surface area contributed by atoms with E-state index in [-0.39, 0.29) is 17.4 Å². The lowest BCUT2D eigenvalue weighted by Gasteiger charge is -2.12. The second-order valence-corrected chi connectivity index (χ2v) is 8.68. The summed E-state index contributed by atoms with van der Waals surface area (Å²) >= 11 is 0. The van der Waals surface area contributed by atoms with E-state index in [0.29, 0.717) is 43.4 Å². The number of carbonyl (C=O) groups excluding carboxylic acids is 1. The van der Waals surface area contributed by atoms with Gasteiger partial charge >= 0.3 is 0 Å². The highest BCUT2D eigenvalue weighted by Crippen LogP contribution is 2.28. The molecule has 170 valence electrons. The molecule has 3 rings (SSSR count). The molecule has 0 bridgehead atoms. The molecule has 0 aliphatic heterocycles. The van der Waals surface area contributed by atoms with Gasteiger partial charge in [0.05, 0.1) is 29.8 Å². The predicted molar refractivity (Wildman–Crippen MR) is 125 cm³/mol. The first-order valence-corrected chi connectivity index (χ1v) is 12.0. The zero-order valence-corrected chi connectivity index (χ0v) is 19.5. The van der Waals surface area contributed by atoms with E-state index in [1.807, 2.05) is 63.2 Å². The number of hydrogen-bond donors (Lipinski definition) is 1. The zero-order chi connectivity index (χ0) is 22.9. The van der Waals surface area contributed by atoms with Gasteiger partial charge in [-0.05, 0) is 74.7 Å². The van der Waals surface area contributed by atoms with Gasteiger partial charge in [0.15, 0.2) is 17.3 Å². The largest absolute Gasteiger partial charge is 0.490 e. The first-order chi connectivity index (χ1) is 15.5. The van der Waals surface area contributed by atoms with E-state index in [4.69, 9.17) is 13.9 Å². The molecule has 32 heavy (non-hydrogen) atoms. The summed E-state index contributed by atoms with van der Waals surface area (Å²) in [7, 11) is -1.23. The molecule has 0 aliphatic rings. The molecule has 0 saturated carbocycles. The lowest BCUT2D eigenvalue weighted by atomic mass is 10.1. The fourth-order valence-electron chi connectivity index (χ4n) is 3.21. The summed E-state index contributed by atoms with van der Waals surface area (Å²) in [6.07, 6.45) is 0.642. The van der Waals surface area contributed by atoms with Crippen LogP contribution in [0, 0.1) is 6.92 Å². The lowest BCUT2D eigenvalue weighted by molar-refractivity contribution is 0.0925. The van der Waals surface area contributed by atoms with E-state index in [0.717, 1.165) is 16.0 Å². The van der Waals surface area contributed by atoms with Crippen LogP contribution in [0.1, 0.15) is 41.3 Å². The molecule has 0 saturated heterocycles. The van der Waals surface area contributed by atoms with E-state index in [2.05, 4.69) is 5.32 Å². The summed E-state index contributed by atoms with van der Waals surface area (Å²) in [5.74, 6) is 2.08. The molecule has 2 aromatic carbocycles. The number of ether oxygens (including phenoxy) is 2. The van der Waals surface area contributed by atoms with Crippen LogP contribution in [-0.4, -0.2) is 29.9 Å². The molecule has 0 radical (unpaired) electrons. The maximum atomic E-state index is 12.5. The summed E-state index contributed by atoms with van der Waals surface area (Å²) in [5.41, 5.74) is 2.09. The van der Waals surface area contributed by atoms with Crippen molar-refractivity contribution in [3.05, 3.63) is 77.2 Å². The van der Waals surface area contributed by atoms with Crippen LogP contribution < -0.4 is 14.8 Å². The maximum absolute atomic E-state index is 12.5. The Balaban J connectivity index is 1.53. The number of benzene rings is 2. The highest BCUT2D eigenvalue weighted by molar-refractivity contribution is 7.84. The van der Waals surface area contributed by atoms with Crippen molar-refractivity contribution in [1.29, 1.82) is 0 Å². The maximum Gasteiger partial charge on any atom is 0.287 e. The second-order valence-electron chi connectivity index (χ2n) is 7.23. The molecule has 1 atom stereocenters. The molecule has 1 aromatic heterocycles. The first-order valence-electron chi connectivity index (χ1n) is 10.7. The van der Waals surface area contributed by atoms with Gasteiger partial charge in [0.1, 0.15) is 5.76 Å². The standard InChI is InChI=1S/C25H29NO5S/c1-4-29-22-11-9-19(16-24(22)30-5-2)13-14-26-25(27)23-12-10-20(31-23)17-32(28)21-8-6-7-18(3)15-21/h6-12,15-16H,4-5,13-14,17H2,1-3H3,(H,26,27). The molecule has 7 heteroatoms. The van der Waals surface area contributed by atoms with Crippen molar-refractivity contribution in [2.45, 2.75) is 37.8 Å². The minimum atomic E-state index is -1.23. The van der Waals surface area contributed by atoms with Gasteiger partial charge in [-0.2, -0.15) is 0 Å². The van der Waals surface area contributed by atoms with E-state index in [1.54, 1.807) is 12.1 Å². The molecule has 1 N–H and O–H groups in total. The van der Waals surface area contributed by atoms with Gasteiger partial charge in [-0.25, -0.2) is 0 Å². The third-order valence-corrected chi connectivity index (χ3v) is 6.04. The van der Waals surface area contributed by atoms with E-state index < -0.39 is 10.8 Å². The van der Waals surface area contributed by atoms with Crippen molar-refractivity contribution >= 4 is 16.7 Å². The first kappa shape index (κ1) is 23.6. The number of carbonyl (C=O) groups is 1. The van der Waals surface area contributed by atoms with Gasteiger partial charge in [-0.3, -0.25) is 9.00 Å². The van der Waals surface area contributed by atoms with Gasteiger partial charge in [-0.1, -0.05) is 18.2 Å². The van der Waals surface area contributed by atoms with Gasteiger partial charge in [0, 0.05) is 11.4 Å². The minimum Gasteiger partial charge on any atom is -0.490 e. The Morgan fingerprint density at radius 3 is 2.53 bits per heavy atom. The van der Waals surface area contributed by atoms with Crippen molar-refractivity contribution in [2.24, 2.45) is 0 Å². The van der Waals surface area contributed by atoms with Gasteiger partial charge in [0.2, 0.25) is 0 Å². The Labute approximate surface area is 191 Å². The summed E-state index contributed by atoms with van der Waals surface area (Å²) in [6, 6.07) is 16.7. The molecule has 6 nitrogen and oxygen atoms in total. The van der Waals surface area contributed by atoms with Crippen LogP contribution in [0.15, 0.2) is 63.9 Å². The number of aryl methyl sites for hydroxylation is 1. The van der Waals surface area contributed by atoms with Gasteiger partial charge < -0.3 is 19.2 Å². The van der Waals surface area contributed by atoms with E-state index >= 15 is 0 Å². The van der Waals surface area contributed by atoms with Gasteiger partial charge in [0.25, 0.3) is 5.91 Å². The second kappa shape index (κ2) is 11.5. The Hall–Kier alpha value is -3.06. The normalized spacial score (nSPS) is 11.7.